The van der Waals surface area contributed by atoms with Gasteiger partial charge in [0.05, 0.1) is 6.20 Å². The Labute approximate surface area is 144 Å². The summed E-state index contributed by atoms with van der Waals surface area (Å²) >= 11 is 0. The van der Waals surface area contributed by atoms with E-state index >= 15 is 0 Å². The van der Waals surface area contributed by atoms with Crippen LogP contribution >= 0.6 is 0 Å². The number of rotatable bonds is 2. The lowest BCUT2D eigenvalue weighted by Gasteiger charge is -2.06. The van der Waals surface area contributed by atoms with Crippen molar-refractivity contribution >= 4 is 0 Å². The molecule has 0 unspecified atom stereocenters. The first kappa shape index (κ1) is 16.3. The molecular formula is C21H25N3+2. The molecule has 0 aliphatic carbocycles. The molecule has 3 nitrogen and oxygen atoms in total. The summed E-state index contributed by atoms with van der Waals surface area (Å²) < 4.78 is 4.45. The van der Waals surface area contributed by atoms with Gasteiger partial charge >= 0.3 is 0 Å². The fraction of sp³-hybridized carbons (Fsp3) is 0.286. The van der Waals surface area contributed by atoms with Gasteiger partial charge in [-0.1, -0.05) is 0 Å². The second-order valence-electron chi connectivity index (χ2n) is 6.75. The van der Waals surface area contributed by atoms with Crippen molar-refractivity contribution in [2.75, 3.05) is 0 Å². The van der Waals surface area contributed by atoms with Gasteiger partial charge in [0.25, 0.3) is 11.4 Å². The van der Waals surface area contributed by atoms with Crippen molar-refractivity contribution in [2.24, 2.45) is 0 Å². The van der Waals surface area contributed by atoms with Crippen LogP contribution in [0.3, 0.4) is 0 Å². The van der Waals surface area contributed by atoms with E-state index in [1.165, 1.54) is 33.6 Å². The van der Waals surface area contributed by atoms with Gasteiger partial charge in [0.2, 0.25) is 5.69 Å². The summed E-state index contributed by atoms with van der Waals surface area (Å²) in [5.74, 6) is 0. The first-order chi connectivity index (χ1) is 11.3. The highest BCUT2D eigenvalue weighted by atomic mass is 15.0. The normalized spacial score (nSPS) is 10.9. The molecule has 3 heterocycles. The molecule has 0 N–H and O–H groups in total. The molecule has 3 aromatic rings. The summed E-state index contributed by atoms with van der Waals surface area (Å²) in [6.45, 7) is 12.7. The number of aryl methyl sites for hydroxylation is 5. The predicted octanol–water partition coefficient (Wildman–Crippen LogP) is 3.49. The largest absolute Gasteiger partial charge is 0.278 e. The third kappa shape index (κ3) is 3.07. The summed E-state index contributed by atoms with van der Waals surface area (Å²) in [6, 6.07) is 6.63. The molecule has 0 aliphatic rings. The van der Waals surface area contributed by atoms with Gasteiger partial charge in [-0.25, -0.2) is 0 Å². The molecule has 24 heavy (non-hydrogen) atoms. The smallest absolute Gasteiger partial charge is 0.254 e. The van der Waals surface area contributed by atoms with Gasteiger partial charge in [0.15, 0.2) is 18.6 Å². The minimum absolute atomic E-state index is 1.08. The van der Waals surface area contributed by atoms with Crippen LogP contribution < -0.4 is 9.13 Å². The maximum absolute atomic E-state index is 4.53. The van der Waals surface area contributed by atoms with Crippen LogP contribution in [0.2, 0.25) is 0 Å². The Balaban J connectivity index is 2.23. The minimum atomic E-state index is 1.08. The molecule has 0 saturated carbocycles. The van der Waals surface area contributed by atoms with Gasteiger partial charge in [-0.3, -0.25) is 4.98 Å². The number of hydrogen-bond donors (Lipinski definition) is 0. The zero-order valence-corrected chi connectivity index (χ0v) is 15.4. The van der Waals surface area contributed by atoms with E-state index < -0.39 is 0 Å². The fourth-order valence-electron chi connectivity index (χ4n) is 3.12. The molecule has 0 amide bonds. The summed E-state index contributed by atoms with van der Waals surface area (Å²) in [4.78, 5) is 4.53. The minimum Gasteiger partial charge on any atom is -0.254 e. The average Bonchev–Trinajstić information content (AvgIpc) is 2.51. The molecule has 3 rings (SSSR count). The van der Waals surface area contributed by atoms with Gasteiger partial charge in [-0.05, 0) is 46.2 Å². The summed E-state index contributed by atoms with van der Waals surface area (Å²) in [5.41, 5.74) is 9.52. The Hall–Kier alpha value is -2.55. The molecule has 0 saturated heterocycles. The van der Waals surface area contributed by atoms with Crippen LogP contribution in [0.1, 0.15) is 33.6 Å². The molecule has 0 fully saturated rings. The maximum atomic E-state index is 4.53. The second kappa shape index (κ2) is 6.16. The van der Waals surface area contributed by atoms with E-state index in [0.29, 0.717) is 0 Å². The van der Waals surface area contributed by atoms with Gasteiger partial charge < -0.3 is 0 Å². The van der Waals surface area contributed by atoms with E-state index in [0.717, 1.165) is 11.4 Å². The lowest BCUT2D eigenvalue weighted by molar-refractivity contribution is -0.636. The van der Waals surface area contributed by atoms with Gasteiger partial charge in [-0.2, -0.15) is 9.13 Å². The fourth-order valence-corrected chi connectivity index (χ4v) is 3.12. The monoisotopic (exact) mass is 319 g/mol. The first-order valence-electron chi connectivity index (χ1n) is 8.31. The maximum Gasteiger partial charge on any atom is 0.278 e. The highest BCUT2D eigenvalue weighted by molar-refractivity contribution is 5.32. The van der Waals surface area contributed by atoms with E-state index in [-0.39, 0.29) is 0 Å². The van der Waals surface area contributed by atoms with Crippen molar-refractivity contribution in [3.63, 3.8) is 0 Å². The van der Waals surface area contributed by atoms with Gasteiger partial charge in [-0.15, -0.1) is 0 Å². The summed E-state index contributed by atoms with van der Waals surface area (Å²) in [5, 5.41) is 0. The van der Waals surface area contributed by atoms with Crippen molar-refractivity contribution in [3.05, 3.63) is 76.6 Å². The third-order valence-electron chi connectivity index (χ3n) is 4.45. The van der Waals surface area contributed by atoms with E-state index in [4.69, 9.17) is 0 Å². The van der Waals surface area contributed by atoms with Crippen LogP contribution in [0.15, 0.2) is 43.0 Å². The summed E-state index contributed by atoms with van der Waals surface area (Å²) in [6.07, 6.45) is 8.48. The average molecular weight is 319 g/mol. The number of nitrogens with zero attached hydrogens (tertiary/aromatic N) is 3. The van der Waals surface area contributed by atoms with E-state index in [1.807, 2.05) is 13.1 Å². The van der Waals surface area contributed by atoms with E-state index in [2.05, 4.69) is 85.5 Å². The molecular weight excluding hydrogens is 294 g/mol. The molecule has 0 atom stereocenters. The molecule has 0 spiro atoms. The second-order valence-corrected chi connectivity index (χ2v) is 6.75. The molecule has 122 valence electrons. The Morgan fingerprint density at radius 3 is 2.00 bits per heavy atom. The highest BCUT2D eigenvalue weighted by Crippen LogP contribution is 2.12. The number of pyridine rings is 3. The van der Waals surface area contributed by atoms with E-state index in [1.54, 1.807) is 0 Å². The van der Waals surface area contributed by atoms with Crippen LogP contribution in [-0.2, 0) is 0 Å². The zero-order valence-electron chi connectivity index (χ0n) is 15.4. The molecule has 0 radical (unpaired) electrons. The van der Waals surface area contributed by atoms with E-state index in [9.17, 15) is 0 Å². The zero-order chi connectivity index (χ0) is 17.4. The highest BCUT2D eigenvalue weighted by Gasteiger charge is 2.23. The van der Waals surface area contributed by atoms with Crippen LogP contribution in [0, 0.1) is 41.5 Å². The van der Waals surface area contributed by atoms with Crippen molar-refractivity contribution < 1.29 is 9.13 Å². The van der Waals surface area contributed by atoms with Crippen LogP contribution in [0.4, 0.5) is 0 Å². The Bertz CT molecular complexity index is 906. The third-order valence-corrected chi connectivity index (χ3v) is 4.45. The molecule has 0 bridgehead atoms. The van der Waals surface area contributed by atoms with Crippen LogP contribution in [0.5, 0.6) is 0 Å². The van der Waals surface area contributed by atoms with Crippen molar-refractivity contribution in [1.29, 1.82) is 0 Å². The van der Waals surface area contributed by atoms with Crippen molar-refractivity contribution in [1.82, 2.24) is 4.98 Å². The van der Waals surface area contributed by atoms with Gasteiger partial charge in [0, 0.05) is 41.4 Å². The lowest BCUT2D eigenvalue weighted by atomic mass is 10.1. The van der Waals surface area contributed by atoms with Crippen molar-refractivity contribution in [3.8, 4) is 11.4 Å². The van der Waals surface area contributed by atoms with Crippen LogP contribution in [-0.4, -0.2) is 4.98 Å². The summed E-state index contributed by atoms with van der Waals surface area (Å²) in [7, 11) is 0. The SMILES string of the molecule is Cc1cc(C)c[n+](-c2cc(C)c[n+](-c3cnc(C)c(C)c3)c2C)c1. The predicted molar refractivity (Wildman–Crippen MR) is 95.7 cm³/mol. The Morgan fingerprint density at radius 2 is 1.38 bits per heavy atom. The van der Waals surface area contributed by atoms with Crippen LogP contribution in [0.25, 0.3) is 11.4 Å². The topological polar surface area (TPSA) is 20.6 Å². The first-order valence-corrected chi connectivity index (χ1v) is 8.31. The van der Waals surface area contributed by atoms with Crippen molar-refractivity contribution in [2.45, 2.75) is 41.5 Å². The molecule has 0 aliphatic heterocycles. The standard InChI is InChI=1S/C21H25N3/c1-14-7-15(2)12-23(11-14)21-8-16(3)13-24(19(21)6)20-9-17(4)18(5)22-10-20/h7-13H,1-6H3/q+2. The number of hydrogen-bond acceptors (Lipinski definition) is 1. The number of aromatic nitrogens is 3. The van der Waals surface area contributed by atoms with Gasteiger partial charge in [0.1, 0.15) is 0 Å². The molecule has 3 aromatic heterocycles. The molecule has 0 aromatic carbocycles. The lowest BCUT2D eigenvalue weighted by Crippen LogP contribution is -2.41. The Kier molecular flexibility index (Phi) is 4.18. The Morgan fingerprint density at radius 1 is 0.750 bits per heavy atom. The molecule has 3 heteroatoms. The quantitative estimate of drug-likeness (QED) is 0.662.